The topological polar surface area (TPSA) is 112 Å². The highest BCUT2D eigenvalue weighted by atomic mass is 19.1. The number of nitrogens with zero attached hydrogens (tertiary/aromatic N) is 4. The molecule has 4 aromatic heterocycles. The number of unbranched alkanes of at least 4 members (excludes halogenated alkanes) is 1. The molecule has 8 nitrogen and oxygen atoms in total. The van der Waals surface area contributed by atoms with Crippen LogP contribution in [0, 0.1) is 11.6 Å². The fourth-order valence-corrected chi connectivity index (χ4v) is 4.55. The van der Waals surface area contributed by atoms with Crippen molar-refractivity contribution in [3.63, 3.8) is 0 Å². The van der Waals surface area contributed by atoms with Gasteiger partial charge < -0.3 is 10.3 Å². The highest BCUT2D eigenvalue weighted by Crippen LogP contribution is 2.34. The minimum atomic E-state index is -0.468. The van der Waals surface area contributed by atoms with Crippen LogP contribution in [0.15, 0.2) is 67.1 Å². The van der Waals surface area contributed by atoms with Gasteiger partial charge in [0.15, 0.2) is 5.82 Å². The smallest absolute Gasteiger partial charge is 0.224 e. The maximum atomic E-state index is 15.2. The molecule has 0 aliphatic rings. The van der Waals surface area contributed by atoms with Crippen molar-refractivity contribution in [1.29, 1.82) is 0 Å². The Morgan fingerprint density at radius 3 is 2.69 bits per heavy atom. The molecule has 0 bridgehead atoms. The van der Waals surface area contributed by atoms with Gasteiger partial charge in [-0.15, -0.1) is 0 Å². The van der Waals surface area contributed by atoms with Gasteiger partial charge in [0.2, 0.25) is 5.91 Å². The van der Waals surface area contributed by atoms with E-state index >= 15 is 4.39 Å². The summed E-state index contributed by atoms with van der Waals surface area (Å²) >= 11 is 0. The summed E-state index contributed by atoms with van der Waals surface area (Å²) in [5, 5.41) is 10.7. The van der Waals surface area contributed by atoms with Crippen molar-refractivity contribution >= 4 is 33.5 Å². The predicted octanol–water partition coefficient (Wildman–Crippen LogP) is 6.64. The number of imidazole rings is 1. The summed E-state index contributed by atoms with van der Waals surface area (Å²) in [5.41, 5.74) is 4.15. The summed E-state index contributed by atoms with van der Waals surface area (Å²) < 4.78 is 29.7. The maximum absolute atomic E-state index is 15.2. The van der Waals surface area contributed by atoms with E-state index in [4.69, 9.17) is 4.98 Å². The van der Waals surface area contributed by atoms with Gasteiger partial charge in [0.05, 0.1) is 22.9 Å². The lowest BCUT2D eigenvalue weighted by Gasteiger charge is -2.08. The number of carbonyl (C=O) groups excluding carboxylic acids is 1. The number of anilines is 1. The molecule has 194 valence electrons. The van der Waals surface area contributed by atoms with Crippen LogP contribution < -0.4 is 5.32 Å². The first-order valence-electron chi connectivity index (χ1n) is 12.5. The SMILES string of the molecule is CCCCC(=O)Nc1cncc(-c2cc3c(-c4nc5c(-c6ccccc6F)nccc5[nH]4)n[nH]c3cc2F)c1. The number of amides is 1. The molecule has 0 aliphatic heterocycles. The first-order valence-corrected chi connectivity index (χ1v) is 12.5. The summed E-state index contributed by atoms with van der Waals surface area (Å²) in [6, 6.07) is 12.9. The van der Waals surface area contributed by atoms with E-state index in [-0.39, 0.29) is 5.91 Å². The summed E-state index contributed by atoms with van der Waals surface area (Å²) in [6.07, 6.45) is 6.76. The largest absolute Gasteiger partial charge is 0.336 e. The lowest BCUT2D eigenvalue weighted by atomic mass is 10.0. The van der Waals surface area contributed by atoms with Crippen molar-refractivity contribution in [1.82, 2.24) is 30.1 Å². The van der Waals surface area contributed by atoms with Gasteiger partial charge in [-0.05, 0) is 36.8 Å². The Hall–Kier alpha value is -4.99. The van der Waals surface area contributed by atoms with Crippen LogP contribution in [0.4, 0.5) is 14.5 Å². The number of halogens is 2. The molecule has 3 N–H and O–H groups in total. The van der Waals surface area contributed by atoms with Crippen molar-refractivity contribution in [3.05, 3.63) is 78.8 Å². The van der Waals surface area contributed by atoms with Crippen LogP contribution in [-0.4, -0.2) is 36.0 Å². The lowest BCUT2D eigenvalue weighted by Crippen LogP contribution is -2.11. The monoisotopic (exact) mass is 523 g/mol. The molecule has 4 heterocycles. The fraction of sp³-hybridized carbons (Fsp3) is 0.138. The number of benzene rings is 2. The average Bonchev–Trinajstić information content (AvgIpc) is 3.55. The van der Waals surface area contributed by atoms with Crippen LogP contribution >= 0.6 is 0 Å². The van der Waals surface area contributed by atoms with Crippen molar-refractivity contribution in [3.8, 4) is 33.9 Å². The molecular formula is C29H23F2N7O. The van der Waals surface area contributed by atoms with E-state index in [0.717, 1.165) is 12.8 Å². The second-order valence-corrected chi connectivity index (χ2v) is 9.18. The molecule has 0 saturated carbocycles. The Morgan fingerprint density at radius 1 is 0.974 bits per heavy atom. The van der Waals surface area contributed by atoms with Crippen LogP contribution in [0.5, 0.6) is 0 Å². The standard InChI is InChI=1S/C29H23F2N7O/c1-2-3-8-25(39)34-17-11-16(14-32-15-17)19-12-20-24(13-22(19)31)37-38-27(20)29-35-23-9-10-33-26(28(23)36-29)18-6-4-5-7-21(18)30/h4-7,9-15H,2-3,8H2,1H3,(H,34,39)(H,35,36)(H,37,38). The van der Waals surface area contributed by atoms with E-state index in [1.54, 1.807) is 48.8 Å². The van der Waals surface area contributed by atoms with Gasteiger partial charge in [-0.1, -0.05) is 25.5 Å². The number of nitrogens with one attached hydrogen (secondary N) is 3. The Morgan fingerprint density at radius 2 is 1.85 bits per heavy atom. The molecule has 39 heavy (non-hydrogen) atoms. The van der Waals surface area contributed by atoms with Crippen LogP contribution in [0.2, 0.25) is 0 Å². The zero-order valence-electron chi connectivity index (χ0n) is 20.9. The second kappa shape index (κ2) is 10.1. The number of H-pyrrole nitrogens is 2. The van der Waals surface area contributed by atoms with Gasteiger partial charge >= 0.3 is 0 Å². The number of hydrogen-bond acceptors (Lipinski definition) is 5. The molecule has 0 spiro atoms. The Balaban J connectivity index is 1.41. The number of rotatable bonds is 7. The van der Waals surface area contributed by atoms with Gasteiger partial charge in [0.25, 0.3) is 0 Å². The molecule has 1 amide bonds. The second-order valence-electron chi connectivity index (χ2n) is 9.18. The third kappa shape index (κ3) is 4.61. The van der Waals surface area contributed by atoms with E-state index in [2.05, 4.69) is 30.5 Å². The number of carbonyl (C=O) groups is 1. The van der Waals surface area contributed by atoms with Crippen molar-refractivity contribution in [2.45, 2.75) is 26.2 Å². The van der Waals surface area contributed by atoms with Crippen LogP contribution in [0.3, 0.4) is 0 Å². The Kier molecular flexibility index (Phi) is 6.28. The summed E-state index contributed by atoms with van der Waals surface area (Å²) in [7, 11) is 0. The molecule has 10 heteroatoms. The van der Waals surface area contributed by atoms with Gasteiger partial charge in [-0.25, -0.2) is 13.8 Å². The van der Waals surface area contributed by atoms with Gasteiger partial charge in [0, 0.05) is 47.0 Å². The maximum Gasteiger partial charge on any atom is 0.224 e. The molecule has 6 aromatic rings. The quantitative estimate of drug-likeness (QED) is 0.217. The summed E-state index contributed by atoms with van der Waals surface area (Å²) in [5.74, 6) is -0.554. The molecular weight excluding hydrogens is 500 g/mol. The molecule has 0 fully saturated rings. The van der Waals surface area contributed by atoms with Gasteiger partial charge in [0.1, 0.15) is 28.5 Å². The highest BCUT2D eigenvalue weighted by molar-refractivity contribution is 5.98. The minimum absolute atomic E-state index is 0.113. The van der Waals surface area contributed by atoms with E-state index in [0.29, 0.717) is 67.9 Å². The number of fused-ring (bicyclic) bond motifs is 2. The van der Waals surface area contributed by atoms with E-state index in [1.807, 2.05) is 6.92 Å². The molecule has 0 radical (unpaired) electrons. The Bertz CT molecular complexity index is 1840. The van der Waals surface area contributed by atoms with E-state index < -0.39 is 11.6 Å². The molecule has 2 aromatic carbocycles. The number of aromatic nitrogens is 6. The highest BCUT2D eigenvalue weighted by Gasteiger charge is 2.19. The average molecular weight is 524 g/mol. The fourth-order valence-electron chi connectivity index (χ4n) is 4.55. The van der Waals surface area contributed by atoms with Crippen molar-refractivity contribution in [2.75, 3.05) is 5.32 Å². The third-order valence-corrected chi connectivity index (χ3v) is 6.50. The van der Waals surface area contributed by atoms with Gasteiger partial charge in [-0.2, -0.15) is 5.10 Å². The Labute approximate surface area is 221 Å². The minimum Gasteiger partial charge on any atom is -0.336 e. The number of aromatic amines is 2. The molecule has 0 saturated heterocycles. The van der Waals surface area contributed by atoms with Crippen molar-refractivity contribution in [2.24, 2.45) is 0 Å². The first kappa shape index (κ1) is 24.4. The van der Waals surface area contributed by atoms with Crippen LogP contribution in [0.1, 0.15) is 26.2 Å². The van der Waals surface area contributed by atoms with E-state index in [1.165, 1.54) is 18.3 Å². The number of pyridine rings is 2. The first-order chi connectivity index (χ1) is 19.0. The third-order valence-electron chi connectivity index (χ3n) is 6.50. The van der Waals surface area contributed by atoms with Crippen molar-refractivity contribution < 1.29 is 13.6 Å². The predicted molar refractivity (Wildman–Crippen MR) is 146 cm³/mol. The molecule has 0 aliphatic carbocycles. The zero-order valence-corrected chi connectivity index (χ0v) is 20.9. The zero-order chi connectivity index (χ0) is 26.9. The molecule has 0 atom stereocenters. The van der Waals surface area contributed by atoms with E-state index in [9.17, 15) is 9.18 Å². The number of hydrogen-bond donors (Lipinski definition) is 3. The van der Waals surface area contributed by atoms with Gasteiger partial charge in [-0.3, -0.25) is 19.9 Å². The summed E-state index contributed by atoms with van der Waals surface area (Å²) in [6.45, 7) is 2.02. The normalized spacial score (nSPS) is 11.4. The van der Waals surface area contributed by atoms with Crippen LogP contribution in [-0.2, 0) is 4.79 Å². The lowest BCUT2D eigenvalue weighted by molar-refractivity contribution is -0.116. The molecule has 6 rings (SSSR count). The van der Waals surface area contributed by atoms with Crippen LogP contribution in [0.25, 0.3) is 55.8 Å². The molecule has 0 unspecified atom stereocenters. The summed E-state index contributed by atoms with van der Waals surface area (Å²) in [4.78, 5) is 28.7.